The van der Waals surface area contributed by atoms with E-state index in [-0.39, 0.29) is 19.2 Å². The van der Waals surface area contributed by atoms with Gasteiger partial charge in [0.1, 0.15) is 6.61 Å². The van der Waals surface area contributed by atoms with Gasteiger partial charge in [0.15, 0.2) is 6.29 Å². The van der Waals surface area contributed by atoms with E-state index in [2.05, 4.69) is 59.5 Å². The number of aryl methyl sites for hydroxylation is 1. The Morgan fingerprint density at radius 3 is 1.82 bits per heavy atom. The van der Waals surface area contributed by atoms with Crippen LogP contribution in [0.15, 0.2) is 43.0 Å². The fourth-order valence-electron chi connectivity index (χ4n) is 7.34. The molecule has 0 aliphatic heterocycles. The Bertz CT molecular complexity index is 966. The van der Waals surface area contributed by atoms with Crippen LogP contribution in [-0.4, -0.2) is 64.7 Å². The van der Waals surface area contributed by atoms with Gasteiger partial charge in [-0.2, -0.15) is 0 Å². The Kier molecular flexibility index (Phi) is 37.4. The molecule has 0 aliphatic carbocycles. The Morgan fingerprint density at radius 2 is 1.20 bits per heavy atom. The average Bonchev–Trinajstić information content (AvgIpc) is 3.71. The van der Waals surface area contributed by atoms with Gasteiger partial charge < -0.3 is 24.0 Å². The highest BCUT2D eigenvalue weighted by atomic mass is 16.6. The summed E-state index contributed by atoms with van der Waals surface area (Å²) in [7, 11) is 0. The molecule has 1 atom stereocenters. The van der Waals surface area contributed by atoms with Gasteiger partial charge in [-0.25, -0.2) is 4.98 Å². The van der Waals surface area contributed by atoms with Crippen LogP contribution in [0.1, 0.15) is 207 Å². The highest BCUT2D eigenvalue weighted by Gasteiger charge is 2.16. The van der Waals surface area contributed by atoms with E-state index >= 15 is 0 Å². The van der Waals surface area contributed by atoms with Gasteiger partial charge in [-0.3, -0.25) is 4.79 Å². The van der Waals surface area contributed by atoms with Crippen LogP contribution >= 0.6 is 0 Å². The number of carbonyl (C=O) groups excluding carboxylic acids is 1. The van der Waals surface area contributed by atoms with E-state index in [1.54, 1.807) is 0 Å². The molecule has 0 fully saturated rings. The van der Waals surface area contributed by atoms with Gasteiger partial charge in [-0.05, 0) is 76.8 Å². The minimum Gasteiger partial charge on any atom is -0.463 e. The number of hydrogen-bond donors (Lipinski definition) is 1. The molecule has 1 N–H and O–H groups in total. The third-order valence-corrected chi connectivity index (χ3v) is 10.9. The molecule has 0 spiro atoms. The maximum absolute atomic E-state index is 12.8. The molecule has 1 aromatic rings. The van der Waals surface area contributed by atoms with Crippen molar-refractivity contribution in [1.82, 2.24) is 14.5 Å². The lowest BCUT2D eigenvalue weighted by atomic mass is 9.91. The molecule has 7 nitrogen and oxygen atoms in total. The van der Waals surface area contributed by atoms with E-state index in [9.17, 15) is 9.90 Å². The second-order valence-electron chi connectivity index (χ2n) is 16.1. The van der Waals surface area contributed by atoms with Crippen molar-refractivity contribution < 1.29 is 19.4 Å². The summed E-state index contributed by atoms with van der Waals surface area (Å²) in [5, 5.41) is 10.6. The third kappa shape index (κ3) is 35.0. The standard InChI is InChI=1S/C48H89N3O4/c1-4-7-10-13-16-17-18-19-20-21-22-23-24-25-28-31-37-50(38-32-39-51-41-36-49-45-51)40-35-47(52)54-42-43-55-48(53)44-46(33-29-26-14-11-8-5-2)34-30-27-15-12-9-6-3/h16-17,19-20,36,41,45-47,52H,4-15,18,21-35,37-40,42-44H2,1-3H3/b17-16-,20-19-. The van der Waals surface area contributed by atoms with Crippen molar-refractivity contribution >= 4 is 5.97 Å². The summed E-state index contributed by atoms with van der Waals surface area (Å²) >= 11 is 0. The predicted octanol–water partition coefficient (Wildman–Crippen LogP) is 13.2. The van der Waals surface area contributed by atoms with Crippen LogP contribution in [0.25, 0.3) is 0 Å². The number of allylic oxidation sites excluding steroid dienone is 4. The zero-order valence-corrected chi connectivity index (χ0v) is 36.5. The molecule has 1 aromatic heterocycles. The van der Waals surface area contributed by atoms with Gasteiger partial charge in [-0.1, -0.05) is 161 Å². The van der Waals surface area contributed by atoms with E-state index in [0.717, 1.165) is 51.9 Å². The number of hydrogen-bond acceptors (Lipinski definition) is 6. The summed E-state index contributed by atoms with van der Waals surface area (Å²) in [4.78, 5) is 19.4. The third-order valence-electron chi connectivity index (χ3n) is 10.9. The number of imidazole rings is 1. The number of unbranched alkanes of at least 4 members (excludes halogenated alkanes) is 19. The Hall–Kier alpha value is -1.96. The van der Waals surface area contributed by atoms with E-state index in [1.165, 1.54) is 148 Å². The highest BCUT2D eigenvalue weighted by Crippen LogP contribution is 2.23. The van der Waals surface area contributed by atoms with Crippen LogP contribution in [0.5, 0.6) is 0 Å². The summed E-state index contributed by atoms with van der Waals surface area (Å²) in [6.45, 7) is 11.0. The fourth-order valence-corrected chi connectivity index (χ4v) is 7.34. The topological polar surface area (TPSA) is 76.8 Å². The molecule has 320 valence electrons. The first kappa shape index (κ1) is 51.1. The Labute approximate surface area is 340 Å². The second-order valence-corrected chi connectivity index (χ2v) is 16.1. The molecule has 0 saturated heterocycles. The first-order valence-electron chi connectivity index (χ1n) is 23.5. The van der Waals surface area contributed by atoms with Crippen molar-refractivity contribution in [2.45, 2.75) is 220 Å². The molecule has 1 unspecified atom stereocenters. The van der Waals surface area contributed by atoms with Gasteiger partial charge in [0.25, 0.3) is 0 Å². The lowest BCUT2D eigenvalue weighted by Gasteiger charge is -2.24. The maximum Gasteiger partial charge on any atom is 0.306 e. The summed E-state index contributed by atoms with van der Waals surface area (Å²) in [6, 6.07) is 0. The quantitative estimate of drug-likeness (QED) is 0.0309. The second kappa shape index (κ2) is 40.2. The minimum absolute atomic E-state index is 0.113. The molecule has 0 bridgehead atoms. The fraction of sp³-hybridized carbons (Fsp3) is 0.833. The molecule has 0 aliphatic rings. The van der Waals surface area contributed by atoms with Gasteiger partial charge in [0.05, 0.1) is 12.9 Å². The van der Waals surface area contributed by atoms with Crippen LogP contribution in [-0.2, 0) is 20.8 Å². The van der Waals surface area contributed by atoms with Crippen molar-refractivity contribution in [2.24, 2.45) is 5.92 Å². The Morgan fingerprint density at radius 1 is 0.655 bits per heavy atom. The zero-order valence-electron chi connectivity index (χ0n) is 36.5. The molecular weight excluding hydrogens is 683 g/mol. The maximum atomic E-state index is 12.8. The summed E-state index contributed by atoms with van der Waals surface area (Å²) in [5.41, 5.74) is 0. The summed E-state index contributed by atoms with van der Waals surface area (Å²) < 4.78 is 13.4. The molecule has 0 aromatic carbocycles. The molecule has 55 heavy (non-hydrogen) atoms. The minimum atomic E-state index is -0.848. The van der Waals surface area contributed by atoms with Gasteiger partial charge in [0.2, 0.25) is 0 Å². The smallest absolute Gasteiger partial charge is 0.306 e. The summed E-state index contributed by atoms with van der Waals surface area (Å²) in [6.07, 6.45) is 49.1. The lowest BCUT2D eigenvalue weighted by Crippen LogP contribution is -2.31. The number of ether oxygens (including phenoxy) is 2. The largest absolute Gasteiger partial charge is 0.463 e. The average molecular weight is 772 g/mol. The van der Waals surface area contributed by atoms with Gasteiger partial charge in [0, 0.05) is 38.3 Å². The molecule has 0 radical (unpaired) electrons. The molecule has 7 heteroatoms. The van der Waals surface area contributed by atoms with Crippen molar-refractivity contribution in [3.05, 3.63) is 43.0 Å². The number of aromatic nitrogens is 2. The normalized spacial score (nSPS) is 12.6. The Balaban J connectivity index is 2.30. The number of esters is 1. The first-order valence-corrected chi connectivity index (χ1v) is 23.5. The zero-order chi connectivity index (χ0) is 39.7. The highest BCUT2D eigenvalue weighted by molar-refractivity contribution is 5.69. The monoisotopic (exact) mass is 772 g/mol. The molecule has 1 heterocycles. The molecule has 0 saturated carbocycles. The van der Waals surface area contributed by atoms with E-state index in [1.807, 2.05) is 18.7 Å². The number of nitrogens with zero attached hydrogens (tertiary/aromatic N) is 3. The van der Waals surface area contributed by atoms with Crippen LogP contribution in [0.3, 0.4) is 0 Å². The van der Waals surface area contributed by atoms with Gasteiger partial charge in [-0.15, -0.1) is 0 Å². The van der Waals surface area contributed by atoms with Crippen molar-refractivity contribution in [1.29, 1.82) is 0 Å². The van der Waals surface area contributed by atoms with Crippen LogP contribution in [0, 0.1) is 5.92 Å². The number of rotatable bonds is 42. The predicted molar refractivity (Wildman–Crippen MR) is 234 cm³/mol. The summed E-state index contributed by atoms with van der Waals surface area (Å²) in [5.74, 6) is 0.304. The van der Waals surface area contributed by atoms with E-state index in [4.69, 9.17) is 9.47 Å². The van der Waals surface area contributed by atoms with Crippen molar-refractivity contribution in [2.75, 3.05) is 32.8 Å². The van der Waals surface area contributed by atoms with Crippen molar-refractivity contribution in [3.8, 4) is 0 Å². The number of aliphatic hydroxyl groups excluding tert-OH is 1. The first-order chi connectivity index (χ1) is 27.1. The van der Waals surface area contributed by atoms with Crippen LogP contribution < -0.4 is 0 Å². The molecular formula is C48H89N3O4. The van der Waals surface area contributed by atoms with E-state index < -0.39 is 6.29 Å². The number of carbonyl (C=O) groups is 1. The van der Waals surface area contributed by atoms with Crippen LogP contribution in [0.4, 0.5) is 0 Å². The SMILES string of the molecule is CCCCC/C=C\C/C=C\CCCCCCCCN(CCCn1ccnc1)CCC(O)OCCOC(=O)CC(CCCCCCCC)CCCCCCCC. The molecule has 0 amide bonds. The van der Waals surface area contributed by atoms with Crippen LogP contribution in [0.2, 0.25) is 0 Å². The van der Waals surface area contributed by atoms with Crippen molar-refractivity contribution in [3.63, 3.8) is 0 Å². The van der Waals surface area contributed by atoms with Gasteiger partial charge >= 0.3 is 5.97 Å². The number of aliphatic hydroxyl groups is 1. The lowest BCUT2D eigenvalue weighted by molar-refractivity contribution is -0.153. The molecule has 1 rings (SSSR count). The van der Waals surface area contributed by atoms with E-state index in [0.29, 0.717) is 18.8 Å².